The molecule has 0 aliphatic carbocycles. The van der Waals surface area contributed by atoms with Crippen LogP contribution >= 0.6 is 0 Å². The third kappa shape index (κ3) is 2.95. The number of rotatable bonds is 6. The fourth-order valence-electron chi connectivity index (χ4n) is 1.54. The lowest BCUT2D eigenvalue weighted by atomic mass is 10.1. The summed E-state index contributed by atoms with van der Waals surface area (Å²) >= 11 is 0. The van der Waals surface area contributed by atoms with E-state index in [0.717, 1.165) is 11.3 Å². The molecule has 0 bridgehead atoms. The summed E-state index contributed by atoms with van der Waals surface area (Å²) in [7, 11) is 6.43. The van der Waals surface area contributed by atoms with Crippen LogP contribution in [0.5, 0.6) is 5.75 Å². The van der Waals surface area contributed by atoms with Crippen molar-refractivity contribution in [1.29, 1.82) is 0 Å². The first kappa shape index (κ1) is 13.0. The second kappa shape index (κ2) is 6.48. The van der Waals surface area contributed by atoms with Crippen LogP contribution in [-0.2, 0) is 14.2 Å². The maximum atomic E-state index is 5.36. The van der Waals surface area contributed by atoms with Gasteiger partial charge in [0, 0.05) is 21.3 Å². The lowest BCUT2D eigenvalue weighted by molar-refractivity contribution is -0.175. The molecule has 0 saturated carbocycles. The molecule has 0 heterocycles. The van der Waals surface area contributed by atoms with E-state index in [2.05, 4.69) is 0 Å². The molecule has 0 aromatic heterocycles. The molecule has 0 saturated heterocycles. The normalized spacial score (nSPS) is 12.8. The first-order valence-corrected chi connectivity index (χ1v) is 4.99. The van der Waals surface area contributed by atoms with E-state index in [4.69, 9.17) is 18.9 Å². The third-order valence-electron chi connectivity index (χ3n) is 2.41. The molecule has 1 aromatic carbocycles. The first-order chi connectivity index (χ1) is 7.76. The molecule has 0 aliphatic heterocycles. The Bertz CT molecular complexity index is 292. The molecule has 0 N–H and O–H groups in total. The SMILES string of the molecule is COc1ccc([C@H](OC)C(OC)OC)cc1. The fraction of sp³-hybridized carbons (Fsp3) is 0.500. The quantitative estimate of drug-likeness (QED) is 0.695. The second-order valence-electron chi connectivity index (χ2n) is 3.27. The minimum absolute atomic E-state index is 0.249. The van der Waals surface area contributed by atoms with Crippen molar-refractivity contribution in [2.75, 3.05) is 28.4 Å². The van der Waals surface area contributed by atoms with Crippen LogP contribution in [0.3, 0.4) is 0 Å². The van der Waals surface area contributed by atoms with Crippen molar-refractivity contribution < 1.29 is 18.9 Å². The molecule has 0 spiro atoms. The highest BCUT2D eigenvalue weighted by Gasteiger charge is 2.22. The Kier molecular flexibility index (Phi) is 5.25. The number of ether oxygens (including phenoxy) is 4. The summed E-state index contributed by atoms with van der Waals surface area (Å²) in [6.07, 6.45) is -0.667. The van der Waals surface area contributed by atoms with Gasteiger partial charge in [-0.05, 0) is 17.7 Å². The molecule has 1 aromatic rings. The zero-order chi connectivity index (χ0) is 12.0. The molecule has 16 heavy (non-hydrogen) atoms. The Hall–Kier alpha value is -1.10. The average Bonchev–Trinajstić information content (AvgIpc) is 2.36. The van der Waals surface area contributed by atoms with Gasteiger partial charge in [-0.3, -0.25) is 0 Å². The molecule has 0 radical (unpaired) electrons. The smallest absolute Gasteiger partial charge is 0.187 e. The molecule has 4 nitrogen and oxygen atoms in total. The molecule has 1 atom stereocenters. The topological polar surface area (TPSA) is 36.9 Å². The zero-order valence-corrected chi connectivity index (χ0v) is 10.1. The van der Waals surface area contributed by atoms with Crippen LogP contribution in [0.25, 0.3) is 0 Å². The Morgan fingerprint density at radius 1 is 0.812 bits per heavy atom. The Balaban J connectivity index is 2.85. The minimum Gasteiger partial charge on any atom is -0.497 e. The molecule has 1 rings (SSSR count). The molecule has 0 fully saturated rings. The summed E-state index contributed by atoms with van der Waals surface area (Å²) in [5.41, 5.74) is 0.983. The predicted octanol–water partition coefficient (Wildman–Crippen LogP) is 2.00. The van der Waals surface area contributed by atoms with Gasteiger partial charge in [0.1, 0.15) is 11.9 Å². The lowest BCUT2D eigenvalue weighted by Crippen LogP contribution is -2.24. The van der Waals surface area contributed by atoms with Crippen molar-refractivity contribution in [3.8, 4) is 5.75 Å². The summed E-state index contributed by atoms with van der Waals surface area (Å²) in [5, 5.41) is 0. The van der Waals surface area contributed by atoms with Gasteiger partial charge >= 0.3 is 0 Å². The van der Waals surface area contributed by atoms with Gasteiger partial charge in [-0.1, -0.05) is 12.1 Å². The predicted molar refractivity (Wildman–Crippen MR) is 60.6 cm³/mol. The van der Waals surface area contributed by atoms with E-state index in [1.54, 1.807) is 28.4 Å². The molecular formula is C12H18O4. The highest BCUT2D eigenvalue weighted by Crippen LogP contribution is 2.24. The van der Waals surface area contributed by atoms with Crippen LogP contribution in [0.2, 0.25) is 0 Å². The van der Waals surface area contributed by atoms with E-state index in [0.29, 0.717) is 0 Å². The van der Waals surface area contributed by atoms with Gasteiger partial charge in [-0.25, -0.2) is 0 Å². The van der Waals surface area contributed by atoms with Crippen LogP contribution in [0.4, 0.5) is 0 Å². The number of hydrogen-bond acceptors (Lipinski definition) is 4. The summed E-state index contributed by atoms with van der Waals surface area (Å²) < 4.78 is 20.8. The molecule has 0 amide bonds. The molecule has 4 heteroatoms. The highest BCUT2D eigenvalue weighted by atomic mass is 16.7. The average molecular weight is 226 g/mol. The van der Waals surface area contributed by atoms with Crippen molar-refractivity contribution in [2.24, 2.45) is 0 Å². The Labute approximate surface area is 96.1 Å². The van der Waals surface area contributed by atoms with E-state index in [9.17, 15) is 0 Å². The zero-order valence-electron chi connectivity index (χ0n) is 10.1. The van der Waals surface area contributed by atoms with Crippen LogP contribution < -0.4 is 4.74 Å². The van der Waals surface area contributed by atoms with E-state index in [1.807, 2.05) is 24.3 Å². The van der Waals surface area contributed by atoms with Crippen LogP contribution in [0, 0.1) is 0 Å². The van der Waals surface area contributed by atoms with Crippen molar-refractivity contribution in [2.45, 2.75) is 12.4 Å². The van der Waals surface area contributed by atoms with Gasteiger partial charge in [0.15, 0.2) is 6.29 Å². The number of methoxy groups -OCH3 is 4. The lowest BCUT2D eigenvalue weighted by Gasteiger charge is -2.23. The standard InChI is InChI=1S/C12H18O4/c1-13-10-7-5-9(6-8-10)11(14-2)12(15-3)16-4/h5-8,11-12H,1-4H3/t11-/m0/s1. The van der Waals surface area contributed by atoms with E-state index < -0.39 is 6.29 Å². The Morgan fingerprint density at radius 2 is 1.38 bits per heavy atom. The van der Waals surface area contributed by atoms with Gasteiger partial charge in [0.25, 0.3) is 0 Å². The molecule has 90 valence electrons. The van der Waals surface area contributed by atoms with Crippen molar-refractivity contribution in [1.82, 2.24) is 0 Å². The van der Waals surface area contributed by atoms with Crippen molar-refractivity contribution >= 4 is 0 Å². The van der Waals surface area contributed by atoms with Crippen LogP contribution in [0.1, 0.15) is 11.7 Å². The maximum Gasteiger partial charge on any atom is 0.187 e. The first-order valence-electron chi connectivity index (χ1n) is 4.99. The van der Waals surface area contributed by atoms with E-state index in [-0.39, 0.29) is 6.10 Å². The van der Waals surface area contributed by atoms with Gasteiger partial charge in [-0.15, -0.1) is 0 Å². The van der Waals surface area contributed by atoms with Gasteiger partial charge < -0.3 is 18.9 Å². The largest absolute Gasteiger partial charge is 0.497 e. The summed E-state index contributed by atoms with van der Waals surface area (Å²) in [6.45, 7) is 0. The number of hydrogen-bond donors (Lipinski definition) is 0. The van der Waals surface area contributed by atoms with Crippen LogP contribution in [-0.4, -0.2) is 34.7 Å². The summed E-state index contributed by atoms with van der Waals surface area (Å²) in [4.78, 5) is 0. The molecule has 0 unspecified atom stereocenters. The van der Waals surface area contributed by atoms with E-state index >= 15 is 0 Å². The van der Waals surface area contributed by atoms with Crippen molar-refractivity contribution in [3.63, 3.8) is 0 Å². The van der Waals surface area contributed by atoms with Crippen LogP contribution in [0.15, 0.2) is 24.3 Å². The van der Waals surface area contributed by atoms with Gasteiger partial charge in [-0.2, -0.15) is 0 Å². The minimum atomic E-state index is -0.418. The monoisotopic (exact) mass is 226 g/mol. The molecule has 0 aliphatic rings. The number of benzene rings is 1. The van der Waals surface area contributed by atoms with E-state index in [1.165, 1.54) is 0 Å². The fourth-order valence-corrected chi connectivity index (χ4v) is 1.54. The second-order valence-corrected chi connectivity index (χ2v) is 3.27. The van der Waals surface area contributed by atoms with Crippen molar-refractivity contribution in [3.05, 3.63) is 29.8 Å². The third-order valence-corrected chi connectivity index (χ3v) is 2.41. The summed E-state index contributed by atoms with van der Waals surface area (Å²) in [6, 6.07) is 7.61. The van der Waals surface area contributed by atoms with Gasteiger partial charge in [0.2, 0.25) is 0 Å². The highest BCUT2D eigenvalue weighted by molar-refractivity contribution is 5.28. The molecular weight excluding hydrogens is 208 g/mol. The maximum absolute atomic E-state index is 5.36. The van der Waals surface area contributed by atoms with Gasteiger partial charge in [0.05, 0.1) is 7.11 Å². The summed E-state index contributed by atoms with van der Waals surface area (Å²) in [5.74, 6) is 0.810. The Morgan fingerprint density at radius 3 is 1.75 bits per heavy atom.